The van der Waals surface area contributed by atoms with Crippen LogP contribution in [0.3, 0.4) is 0 Å². The molecule has 0 spiro atoms. The lowest BCUT2D eigenvalue weighted by Gasteiger charge is -2.06. The zero-order chi connectivity index (χ0) is 12.1. The Labute approximate surface area is 93.5 Å². The first kappa shape index (κ1) is 12.2. The number of hydrogen-bond acceptors (Lipinski definition) is 3. The molecule has 0 heterocycles. The normalized spacial score (nSPS) is 9.62. The Bertz CT molecular complexity index is 449. The fourth-order valence-electron chi connectivity index (χ4n) is 1.34. The molecule has 0 saturated carbocycles. The highest BCUT2D eigenvalue weighted by atomic mass is 19.1. The van der Waals surface area contributed by atoms with Gasteiger partial charge in [0.15, 0.2) is 0 Å². The lowest BCUT2D eigenvalue weighted by molar-refractivity contribution is -0.142. The van der Waals surface area contributed by atoms with Gasteiger partial charge in [-0.2, -0.15) is 5.26 Å². The van der Waals surface area contributed by atoms with Crippen LogP contribution in [0.2, 0.25) is 0 Å². The van der Waals surface area contributed by atoms with Crippen LogP contribution in [0.25, 0.3) is 0 Å². The van der Waals surface area contributed by atoms with E-state index in [-0.39, 0.29) is 13.0 Å². The van der Waals surface area contributed by atoms with Gasteiger partial charge in [0.05, 0.1) is 24.7 Å². The minimum absolute atomic E-state index is 0.0755. The Morgan fingerprint density at radius 1 is 1.56 bits per heavy atom. The summed E-state index contributed by atoms with van der Waals surface area (Å²) in [5.41, 5.74) is 1.07. The molecular formula is C12H12FNO2. The van der Waals surface area contributed by atoms with Gasteiger partial charge in [-0.15, -0.1) is 0 Å². The highest BCUT2D eigenvalue weighted by molar-refractivity contribution is 5.73. The van der Waals surface area contributed by atoms with E-state index in [1.807, 2.05) is 6.07 Å². The Morgan fingerprint density at radius 2 is 2.25 bits per heavy atom. The van der Waals surface area contributed by atoms with Gasteiger partial charge in [-0.3, -0.25) is 4.79 Å². The number of esters is 1. The largest absolute Gasteiger partial charge is 0.466 e. The summed E-state index contributed by atoms with van der Waals surface area (Å²) < 4.78 is 18.0. The van der Waals surface area contributed by atoms with E-state index in [0.29, 0.717) is 16.7 Å². The molecule has 1 aromatic rings. The van der Waals surface area contributed by atoms with Crippen molar-refractivity contribution in [1.29, 1.82) is 5.26 Å². The van der Waals surface area contributed by atoms with Gasteiger partial charge < -0.3 is 4.74 Å². The van der Waals surface area contributed by atoms with Gasteiger partial charge in [0.1, 0.15) is 5.82 Å². The predicted molar refractivity (Wildman–Crippen MR) is 56.2 cm³/mol. The first-order valence-electron chi connectivity index (χ1n) is 4.93. The van der Waals surface area contributed by atoms with Crippen LogP contribution in [-0.2, 0) is 16.0 Å². The Morgan fingerprint density at radius 3 is 2.81 bits per heavy atom. The molecule has 1 rings (SSSR count). The van der Waals surface area contributed by atoms with Crippen molar-refractivity contribution in [2.24, 2.45) is 0 Å². The molecule has 0 aromatic heterocycles. The van der Waals surface area contributed by atoms with E-state index in [0.717, 1.165) is 0 Å². The van der Waals surface area contributed by atoms with Crippen LogP contribution in [0.1, 0.15) is 23.6 Å². The van der Waals surface area contributed by atoms with Crippen molar-refractivity contribution in [2.45, 2.75) is 20.3 Å². The number of halogens is 1. The molecule has 4 heteroatoms. The first-order chi connectivity index (χ1) is 7.58. The summed E-state index contributed by atoms with van der Waals surface area (Å²) in [4.78, 5) is 11.2. The second-order valence-corrected chi connectivity index (χ2v) is 3.35. The summed E-state index contributed by atoms with van der Waals surface area (Å²) in [5, 5.41) is 8.85. The molecule has 0 aliphatic rings. The van der Waals surface area contributed by atoms with Gasteiger partial charge in [0.25, 0.3) is 0 Å². The second-order valence-electron chi connectivity index (χ2n) is 3.35. The summed E-state index contributed by atoms with van der Waals surface area (Å²) in [6.07, 6.45) is -0.0755. The van der Waals surface area contributed by atoms with E-state index >= 15 is 0 Å². The molecule has 0 saturated heterocycles. The molecule has 0 atom stereocenters. The molecule has 0 aliphatic carbocycles. The van der Waals surface area contributed by atoms with Crippen LogP contribution >= 0.6 is 0 Å². The third-order valence-electron chi connectivity index (χ3n) is 2.15. The zero-order valence-corrected chi connectivity index (χ0v) is 9.21. The molecule has 0 unspecified atom stereocenters. The molecule has 0 fully saturated rings. The van der Waals surface area contributed by atoms with Crippen LogP contribution in [0, 0.1) is 24.1 Å². The van der Waals surface area contributed by atoms with Gasteiger partial charge in [-0.25, -0.2) is 4.39 Å². The molecule has 3 nitrogen and oxygen atoms in total. The van der Waals surface area contributed by atoms with Gasteiger partial charge in [-0.05, 0) is 37.1 Å². The summed E-state index contributed by atoms with van der Waals surface area (Å²) >= 11 is 0. The van der Waals surface area contributed by atoms with Crippen molar-refractivity contribution >= 4 is 5.97 Å². The average molecular weight is 221 g/mol. The maximum atomic E-state index is 13.3. The molecule has 0 amide bonds. The minimum Gasteiger partial charge on any atom is -0.466 e. The standard InChI is InChI=1S/C12H12FNO2/c1-3-16-12(15)6-9-5-11(13)8(2)4-10(9)7-14/h4-5H,3,6H2,1-2H3. The van der Waals surface area contributed by atoms with Crippen LogP contribution in [0.4, 0.5) is 4.39 Å². The summed E-state index contributed by atoms with van der Waals surface area (Å²) in [6, 6.07) is 4.58. The molecular weight excluding hydrogens is 209 g/mol. The number of hydrogen-bond donors (Lipinski definition) is 0. The Balaban J connectivity index is 3.00. The zero-order valence-electron chi connectivity index (χ0n) is 9.21. The summed E-state index contributed by atoms with van der Waals surface area (Å²) in [5.74, 6) is -0.874. The fourth-order valence-corrected chi connectivity index (χ4v) is 1.34. The van der Waals surface area contributed by atoms with Gasteiger partial charge in [0.2, 0.25) is 0 Å². The van der Waals surface area contributed by atoms with Crippen molar-refractivity contribution < 1.29 is 13.9 Å². The topological polar surface area (TPSA) is 50.1 Å². The smallest absolute Gasteiger partial charge is 0.310 e. The van der Waals surface area contributed by atoms with Gasteiger partial charge >= 0.3 is 5.97 Å². The number of carbonyl (C=O) groups is 1. The van der Waals surface area contributed by atoms with E-state index in [9.17, 15) is 9.18 Å². The highest BCUT2D eigenvalue weighted by Gasteiger charge is 2.11. The van der Waals surface area contributed by atoms with E-state index in [4.69, 9.17) is 10.00 Å². The molecule has 0 bridgehead atoms. The van der Waals surface area contributed by atoms with E-state index < -0.39 is 11.8 Å². The van der Waals surface area contributed by atoms with Crippen LogP contribution in [-0.4, -0.2) is 12.6 Å². The van der Waals surface area contributed by atoms with Gasteiger partial charge in [0, 0.05) is 0 Å². The number of rotatable bonds is 3. The van der Waals surface area contributed by atoms with E-state index in [1.165, 1.54) is 12.1 Å². The maximum absolute atomic E-state index is 13.3. The lowest BCUT2D eigenvalue weighted by atomic mass is 10.0. The van der Waals surface area contributed by atoms with Crippen molar-refractivity contribution in [3.63, 3.8) is 0 Å². The maximum Gasteiger partial charge on any atom is 0.310 e. The predicted octanol–water partition coefficient (Wildman–Crippen LogP) is 2.11. The van der Waals surface area contributed by atoms with Crippen molar-refractivity contribution in [3.8, 4) is 6.07 Å². The molecule has 0 N–H and O–H groups in total. The Hall–Kier alpha value is -1.89. The quantitative estimate of drug-likeness (QED) is 0.734. The number of nitriles is 1. The van der Waals surface area contributed by atoms with E-state index in [1.54, 1.807) is 13.8 Å². The third kappa shape index (κ3) is 2.80. The number of ether oxygens (including phenoxy) is 1. The summed E-state index contributed by atoms with van der Waals surface area (Å²) in [6.45, 7) is 3.54. The van der Waals surface area contributed by atoms with Crippen LogP contribution < -0.4 is 0 Å². The number of nitrogens with zero attached hydrogens (tertiary/aromatic N) is 1. The van der Waals surface area contributed by atoms with E-state index in [2.05, 4.69) is 0 Å². The van der Waals surface area contributed by atoms with Gasteiger partial charge in [-0.1, -0.05) is 0 Å². The molecule has 0 aliphatic heterocycles. The fraction of sp³-hybridized carbons (Fsp3) is 0.333. The molecule has 1 aromatic carbocycles. The average Bonchev–Trinajstić information content (AvgIpc) is 2.23. The molecule has 0 radical (unpaired) electrons. The lowest BCUT2D eigenvalue weighted by Crippen LogP contribution is -2.09. The first-order valence-corrected chi connectivity index (χ1v) is 4.93. The highest BCUT2D eigenvalue weighted by Crippen LogP contribution is 2.15. The number of carbonyl (C=O) groups excluding carboxylic acids is 1. The Kier molecular flexibility index (Phi) is 4.01. The van der Waals surface area contributed by atoms with Crippen molar-refractivity contribution in [1.82, 2.24) is 0 Å². The minimum atomic E-state index is -0.456. The van der Waals surface area contributed by atoms with Crippen molar-refractivity contribution in [3.05, 3.63) is 34.6 Å². The number of aryl methyl sites for hydroxylation is 1. The SMILES string of the molecule is CCOC(=O)Cc1cc(F)c(C)cc1C#N. The second kappa shape index (κ2) is 5.26. The van der Waals surface area contributed by atoms with Crippen molar-refractivity contribution in [2.75, 3.05) is 6.61 Å². The van der Waals surface area contributed by atoms with Crippen LogP contribution in [0.5, 0.6) is 0 Å². The summed E-state index contributed by atoms with van der Waals surface area (Å²) in [7, 11) is 0. The monoisotopic (exact) mass is 221 g/mol. The van der Waals surface area contributed by atoms with Crippen LogP contribution in [0.15, 0.2) is 12.1 Å². The molecule has 84 valence electrons. The third-order valence-corrected chi connectivity index (χ3v) is 2.15. The molecule has 16 heavy (non-hydrogen) atoms. The number of benzene rings is 1.